The Balaban J connectivity index is 1.89. The Morgan fingerprint density at radius 2 is 2.19 bits per heavy atom. The van der Waals surface area contributed by atoms with E-state index in [1.807, 2.05) is 49.0 Å². The summed E-state index contributed by atoms with van der Waals surface area (Å²) in [6.45, 7) is 3.64. The van der Waals surface area contributed by atoms with Crippen LogP contribution in [0.25, 0.3) is 0 Å². The van der Waals surface area contributed by atoms with E-state index < -0.39 is 6.04 Å². The number of hydrogen-bond acceptors (Lipinski definition) is 5. The average molecular weight is 354 g/mol. The lowest BCUT2D eigenvalue weighted by atomic mass is 10.0. The second-order valence-corrected chi connectivity index (χ2v) is 6.15. The van der Waals surface area contributed by atoms with Crippen molar-refractivity contribution in [2.75, 3.05) is 7.11 Å². The maximum Gasteiger partial charge on any atom is 0.225 e. The molecule has 1 aromatic carbocycles. The van der Waals surface area contributed by atoms with E-state index in [1.54, 1.807) is 20.2 Å². The summed E-state index contributed by atoms with van der Waals surface area (Å²) in [7, 11) is 3.51. The minimum atomic E-state index is -0.391. The quantitative estimate of drug-likeness (QED) is 0.735. The first kappa shape index (κ1) is 17.7. The van der Waals surface area contributed by atoms with Crippen LogP contribution in [0.2, 0.25) is 0 Å². The van der Waals surface area contributed by atoms with Crippen molar-refractivity contribution >= 4 is 5.91 Å². The smallest absolute Gasteiger partial charge is 0.225 e. The topological polar surface area (TPSA) is 82.2 Å². The second kappa shape index (κ2) is 7.43. The zero-order valence-electron chi connectivity index (χ0n) is 15.3. The normalized spacial score (nSPS) is 12.0. The number of carbonyl (C=O) groups is 1. The number of ether oxygens (including phenoxy) is 1. The van der Waals surface area contributed by atoms with Gasteiger partial charge in [-0.25, -0.2) is 4.98 Å². The number of imidazole rings is 1. The molecule has 3 aromatic rings. The summed E-state index contributed by atoms with van der Waals surface area (Å²) in [4.78, 5) is 17.1. The zero-order valence-corrected chi connectivity index (χ0v) is 15.3. The molecule has 2 heterocycles. The second-order valence-electron chi connectivity index (χ2n) is 6.15. The largest absolute Gasteiger partial charge is 0.497 e. The van der Waals surface area contributed by atoms with E-state index in [-0.39, 0.29) is 12.3 Å². The number of methoxy groups -OCH3 is 1. The van der Waals surface area contributed by atoms with Gasteiger partial charge in [0.15, 0.2) is 0 Å². The van der Waals surface area contributed by atoms with E-state index in [4.69, 9.17) is 9.26 Å². The number of rotatable bonds is 6. The molecule has 3 rings (SSSR count). The number of amides is 1. The Labute approximate surface area is 152 Å². The molecule has 0 spiro atoms. The van der Waals surface area contributed by atoms with Crippen molar-refractivity contribution in [1.29, 1.82) is 0 Å². The first-order valence-electron chi connectivity index (χ1n) is 8.32. The van der Waals surface area contributed by atoms with E-state index >= 15 is 0 Å². The van der Waals surface area contributed by atoms with Crippen LogP contribution in [0, 0.1) is 13.8 Å². The molecule has 0 saturated carbocycles. The summed E-state index contributed by atoms with van der Waals surface area (Å²) in [5, 5.41) is 6.98. The van der Waals surface area contributed by atoms with Gasteiger partial charge in [-0.15, -0.1) is 0 Å². The van der Waals surface area contributed by atoms with Crippen molar-refractivity contribution in [3.8, 4) is 5.75 Å². The van der Waals surface area contributed by atoms with Gasteiger partial charge in [0.25, 0.3) is 0 Å². The van der Waals surface area contributed by atoms with E-state index in [0.29, 0.717) is 5.76 Å². The summed E-state index contributed by atoms with van der Waals surface area (Å²) in [5.74, 6) is 2.00. The van der Waals surface area contributed by atoms with Crippen LogP contribution in [0.15, 0.2) is 41.2 Å². The number of aromatic nitrogens is 3. The molecule has 136 valence electrons. The first-order chi connectivity index (χ1) is 12.5. The van der Waals surface area contributed by atoms with E-state index in [2.05, 4.69) is 15.5 Å². The van der Waals surface area contributed by atoms with E-state index in [1.165, 1.54) is 0 Å². The Kier molecular flexibility index (Phi) is 5.06. The molecule has 0 fully saturated rings. The van der Waals surface area contributed by atoms with Crippen LogP contribution < -0.4 is 10.1 Å². The molecule has 0 radical (unpaired) electrons. The fourth-order valence-electron chi connectivity index (χ4n) is 2.90. The van der Waals surface area contributed by atoms with Gasteiger partial charge in [-0.3, -0.25) is 4.79 Å². The highest BCUT2D eigenvalue weighted by Gasteiger charge is 2.22. The lowest BCUT2D eigenvalue weighted by Gasteiger charge is -2.20. The van der Waals surface area contributed by atoms with Crippen molar-refractivity contribution in [1.82, 2.24) is 20.0 Å². The third kappa shape index (κ3) is 3.61. The van der Waals surface area contributed by atoms with Gasteiger partial charge in [0, 0.05) is 25.0 Å². The monoisotopic (exact) mass is 354 g/mol. The maximum absolute atomic E-state index is 12.7. The molecule has 1 amide bonds. The molecule has 0 bridgehead atoms. The summed E-state index contributed by atoms with van der Waals surface area (Å²) in [6, 6.07) is 7.21. The number of hydrogen-bond donors (Lipinski definition) is 1. The Hall–Kier alpha value is -3.09. The number of aryl methyl sites for hydroxylation is 3. The average Bonchev–Trinajstić information content (AvgIpc) is 3.20. The van der Waals surface area contributed by atoms with Crippen LogP contribution in [0.5, 0.6) is 5.75 Å². The van der Waals surface area contributed by atoms with Gasteiger partial charge in [0.1, 0.15) is 23.4 Å². The first-order valence-corrected chi connectivity index (χ1v) is 8.32. The third-order valence-electron chi connectivity index (χ3n) is 4.37. The Bertz CT molecular complexity index is 894. The molecule has 0 saturated heterocycles. The summed E-state index contributed by atoms with van der Waals surface area (Å²) in [5.41, 5.74) is 2.44. The predicted octanol–water partition coefficient (Wildman–Crippen LogP) is 2.48. The minimum Gasteiger partial charge on any atom is -0.497 e. The summed E-state index contributed by atoms with van der Waals surface area (Å²) >= 11 is 0. The fourth-order valence-corrected chi connectivity index (χ4v) is 2.90. The zero-order chi connectivity index (χ0) is 18.7. The minimum absolute atomic E-state index is 0.129. The van der Waals surface area contributed by atoms with Crippen molar-refractivity contribution in [2.45, 2.75) is 26.3 Å². The molecule has 7 nitrogen and oxygen atoms in total. The molecule has 7 heteroatoms. The molecular formula is C19H22N4O3. The number of nitrogens with one attached hydrogen (secondary N) is 1. The van der Waals surface area contributed by atoms with Crippen molar-refractivity contribution in [3.05, 3.63) is 65.1 Å². The standard InChI is InChI=1S/C19H22N4O3/c1-12-16(13(2)26-22-12)11-17(24)21-18(19-20-8-9-23(19)3)14-6-5-7-15(10-14)25-4/h5-10,18H,11H2,1-4H3,(H,21,24). The molecule has 0 aliphatic heterocycles. The number of nitrogens with zero attached hydrogens (tertiary/aromatic N) is 3. The number of carbonyl (C=O) groups excluding carboxylic acids is 1. The SMILES string of the molecule is COc1cccc(C(NC(=O)Cc2c(C)noc2C)c2nccn2C)c1. The lowest BCUT2D eigenvalue weighted by Crippen LogP contribution is -2.32. The lowest BCUT2D eigenvalue weighted by molar-refractivity contribution is -0.121. The van der Waals surface area contributed by atoms with E-state index in [0.717, 1.165) is 28.4 Å². The van der Waals surface area contributed by atoms with Crippen LogP contribution in [-0.4, -0.2) is 27.7 Å². The molecule has 1 atom stereocenters. The van der Waals surface area contributed by atoms with Crippen LogP contribution in [0.4, 0.5) is 0 Å². The van der Waals surface area contributed by atoms with Gasteiger partial charge in [0.05, 0.1) is 19.2 Å². The molecule has 0 aliphatic rings. The van der Waals surface area contributed by atoms with Gasteiger partial charge in [-0.2, -0.15) is 0 Å². The fraction of sp³-hybridized carbons (Fsp3) is 0.316. The van der Waals surface area contributed by atoms with Gasteiger partial charge in [-0.1, -0.05) is 17.3 Å². The van der Waals surface area contributed by atoms with Gasteiger partial charge in [-0.05, 0) is 31.5 Å². The van der Waals surface area contributed by atoms with Gasteiger partial charge in [0.2, 0.25) is 5.91 Å². The molecule has 26 heavy (non-hydrogen) atoms. The molecule has 2 aromatic heterocycles. The van der Waals surface area contributed by atoms with Crippen LogP contribution in [0.3, 0.4) is 0 Å². The van der Waals surface area contributed by atoms with Crippen molar-refractivity contribution in [2.24, 2.45) is 7.05 Å². The van der Waals surface area contributed by atoms with Crippen molar-refractivity contribution < 1.29 is 14.1 Å². The van der Waals surface area contributed by atoms with Gasteiger partial charge < -0.3 is 19.1 Å². The Morgan fingerprint density at radius 3 is 2.81 bits per heavy atom. The van der Waals surface area contributed by atoms with Gasteiger partial charge >= 0.3 is 0 Å². The highest BCUT2D eigenvalue weighted by Crippen LogP contribution is 2.24. The summed E-state index contributed by atoms with van der Waals surface area (Å²) < 4.78 is 12.3. The molecule has 1 N–H and O–H groups in total. The molecular weight excluding hydrogens is 332 g/mol. The Morgan fingerprint density at radius 1 is 1.38 bits per heavy atom. The molecule has 0 aliphatic carbocycles. The summed E-state index contributed by atoms with van der Waals surface area (Å²) in [6.07, 6.45) is 3.76. The highest BCUT2D eigenvalue weighted by molar-refractivity contribution is 5.79. The van der Waals surface area contributed by atoms with E-state index in [9.17, 15) is 4.79 Å². The number of benzene rings is 1. The van der Waals surface area contributed by atoms with Crippen LogP contribution in [0.1, 0.15) is 34.4 Å². The van der Waals surface area contributed by atoms with Crippen LogP contribution >= 0.6 is 0 Å². The molecule has 1 unspecified atom stereocenters. The maximum atomic E-state index is 12.7. The van der Waals surface area contributed by atoms with Crippen molar-refractivity contribution in [3.63, 3.8) is 0 Å². The third-order valence-corrected chi connectivity index (χ3v) is 4.37. The highest BCUT2D eigenvalue weighted by atomic mass is 16.5. The predicted molar refractivity (Wildman–Crippen MR) is 95.9 cm³/mol. The van der Waals surface area contributed by atoms with Crippen LogP contribution in [-0.2, 0) is 18.3 Å².